The van der Waals surface area contributed by atoms with E-state index in [2.05, 4.69) is 12.1 Å². The maximum absolute atomic E-state index is 8.58. The Morgan fingerprint density at radius 1 is 1.62 bits per heavy atom. The van der Waals surface area contributed by atoms with Crippen molar-refractivity contribution >= 4 is 17.6 Å². The van der Waals surface area contributed by atoms with Gasteiger partial charge < -0.3 is 15.7 Å². The first kappa shape index (κ1) is 12.0. The summed E-state index contributed by atoms with van der Waals surface area (Å²) in [5.41, 5.74) is 5.88. The molecule has 1 aliphatic heterocycles. The second-order valence-electron chi connectivity index (χ2n) is 4.98. The minimum Gasteiger partial charge on any atom is -0.409 e. The third-order valence-electron chi connectivity index (χ3n) is 3.55. The Labute approximate surface area is 101 Å². The van der Waals surface area contributed by atoms with Gasteiger partial charge in [-0.2, -0.15) is 11.8 Å². The van der Waals surface area contributed by atoms with Crippen LogP contribution in [0.4, 0.5) is 0 Å². The van der Waals surface area contributed by atoms with Gasteiger partial charge in [-0.3, -0.25) is 0 Å². The first-order valence-corrected chi connectivity index (χ1v) is 6.90. The first-order chi connectivity index (χ1) is 7.65. The van der Waals surface area contributed by atoms with E-state index in [-0.39, 0.29) is 0 Å². The number of thioether (sulfide) groups is 1. The summed E-state index contributed by atoms with van der Waals surface area (Å²) in [5, 5.41) is 12.3. The average molecular weight is 244 g/mol. The van der Waals surface area contributed by atoms with Gasteiger partial charge >= 0.3 is 0 Å². The van der Waals surface area contributed by atoms with Crippen LogP contribution in [0.1, 0.15) is 32.6 Å². The number of ether oxygens (including phenoxy) is 1. The van der Waals surface area contributed by atoms with Crippen molar-refractivity contribution in [1.29, 1.82) is 0 Å². The van der Waals surface area contributed by atoms with E-state index in [9.17, 15) is 0 Å². The number of nitrogens with zero attached hydrogens (tertiary/aromatic N) is 1. The van der Waals surface area contributed by atoms with Crippen molar-refractivity contribution < 1.29 is 9.94 Å². The summed E-state index contributed by atoms with van der Waals surface area (Å²) >= 11 is 2.00. The van der Waals surface area contributed by atoms with Crippen LogP contribution in [0.5, 0.6) is 0 Å². The fourth-order valence-corrected chi connectivity index (χ4v) is 3.75. The number of hydrogen-bond acceptors (Lipinski definition) is 4. The molecule has 0 radical (unpaired) electrons. The molecule has 0 aromatic carbocycles. The van der Waals surface area contributed by atoms with E-state index in [0.29, 0.717) is 22.6 Å². The van der Waals surface area contributed by atoms with Crippen LogP contribution < -0.4 is 5.73 Å². The fourth-order valence-electron chi connectivity index (χ4n) is 2.18. The molecule has 2 atom stereocenters. The highest BCUT2D eigenvalue weighted by atomic mass is 32.2. The summed E-state index contributed by atoms with van der Waals surface area (Å²) in [4.78, 5) is 0. The van der Waals surface area contributed by atoms with Gasteiger partial charge in [-0.05, 0) is 37.4 Å². The molecule has 2 unspecified atom stereocenters. The highest BCUT2D eigenvalue weighted by Gasteiger charge is 2.44. The van der Waals surface area contributed by atoms with E-state index in [0.717, 1.165) is 25.2 Å². The van der Waals surface area contributed by atoms with Gasteiger partial charge in [-0.25, -0.2) is 0 Å². The van der Waals surface area contributed by atoms with Crippen molar-refractivity contribution in [2.24, 2.45) is 16.3 Å². The smallest absolute Gasteiger partial charge is 0.139 e. The number of nitrogens with two attached hydrogens (primary N) is 1. The molecule has 1 aliphatic carbocycles. The second-order valence-corrected chi connectivity index (χ2v) is 6.21. The zero-order valence-corrected chi connectivity index (χ0v) is 10.5. The largest absolute Gasteiger partial charge is 0.409 e. The molecule has 1 saturated carbocycles. The van der Waals surface area contributed by atoms with Crippen LogP contribution in [0.3, 0.4) is 0 Å². The number of rotatable bonds is 5. The van der Waals surface area contributed by atoms with E-state index in [1.165, 1.54) is 12.8 Å². The maximum Gasteiger partial charge on any atom is 0.139 e. The van der Waals surface area contributed by atoms with Crippen LogP contribution in [0.25, 0.3) is 0 Å². The number of oxime groups is 1. The lowest BCUT2D eigenvalue weighted by Gasteiger charge is -2.18. The number of amidine groups is 1. The van der Waals surface area contributed by atoms with Crippen LogP contribution in [-0.2, 0) is 4.74 Å². The van der Waals surface area contributed by atoms with Crippen LogP contribution >= 0.6 is 11.8 Å². The molecule has 1 saturated heterocycles. The van der Waals surface area contributed by atoms with Gasteiger partial charge in [0.2, 0.25) is 0 Å². The van der Waals surface area contributed by atoms with Gasteiger partial charge in [0.15, 0.2) is 0 Å². The normalized spacial score (nSPS) is 32.9. The topological polar surface area (TPSA) is 67.8 Å². The van der Waals surface area contributed by atoms with Crippen molar-refractivity contribution in [3.63, 3.8) is 0 Å². The molecule has 0 aromatic heterocycles. The highest BCUT2D eigenvalue weighted by Crippen LogP contribution is 2.52. The summed E-state index contributed by atoms with van der Waals surface area (Å²) in [7, 11) is 0. The molecular formula is C11H20N2O2S. The minimum atomic E-state index is 0.309. The van der Waals surface area contributed by atoms with Gasteiger partial charge in [0, 0.05) is 18.3 Å². The monoisotopic (exact) mass is 244 g/mol. The van der Waals surface area contributed by atoms with Gasteiger partial charge in [0.05, 0.1) is 6.10 Å². The zero-order valence-electron chi connectivity index (χ0n) is 9.69. The Morgan fingerprint density at radius 3 is 2.88 bits per heavy atom. The lowest BCUT2D eigenvalue weighted by molar-refractivity contribution is 0.127. The summed E-state index contributed by atoms with van der Waals surface area (Å²) in [6.45, 7) is 3.04. The summed E-state index contributed by atoms with van der Waals surface area (Å²) in [5.74, 6) is 1.48. The van der Waals surface area contributed by atoms with E-state index in [1.54, 1.807) is 0 Å². The molecule has 2 aliphatic rings. The van der Waals surface area contributed by atoms with E-state index < -0.39 is 0 Å². The van der Waals surface area contributed by atoms with Crippen LogP contribution in [0, 0.1) is 5.41 Å². The Hall–Kier alpha value is -0.420. The fraction of sp³-hybridized carbons (Fsp3) is 0.909. The average Bonchev–Trinajstić information content (AvgIpc) is 2.91. The maximum atomic E-state index is 8.58. The SMILES string of the molecule is CC1OCCC1SCC1(CC(N)=NO)CC1. The first-order valence-electron chi connectivity index (χ1n) is 5.85. The molecule has 0 aromatic rings. The Morgan fingerprint density at radius 2 is 2.38 bits per heavy atom. The van der Waals surface area contributed by atoms with Crippen molar-refractivity contribution in [3.8, 4) is 0 Å². The Kier molecular flexibility index (Phi) is 3.64. The van der Waals surface area contributed by atoms with E-state index in [4.69, 9.17) is 15.7 Å². The highest BCUT2D eigenvalue weighted by molar-refractivity contribution is 8.00. The van der Waals surface area contributed by atoms with Crippen LogP contribution in [0.2, 0.25) is 0 Å². The molecule has 92 valence electrons. The van der Waals surface area contributed by atoms with Gasteiger partial charge in [0.25, 0.3) is 0 Å². The molecule has 2 rings (SSSR count). The molecule has 0 amide bonds. The van der Waals surface area contributed by atoms with E-state index >= 15 is 0 Å². The molecular weight excluding hydrogens is 224 g/mol. The van der Waals surface area contributed by atoms with Gasteiger partial charge in [-0.1, -0.05) is 5.16 Å². The van der Waals surface area contributed by atoms with Gasteiger partial charge in [0.1, 0.15) is 5.84 Å². The Bertz CT molecular complexity index is 279. The molecule has 2 fully saturated rings. The molecule has 1 heterocycles. The summed E-state index contributed by atoms with van der Waals surface area (Å²) in [6.07, 6.45) is 4.69. The summed E-state index contributed by atoms with van der Waals surface area (Å²) < 4.78 is 5.54. The van der Waals surface area contributed by atoms with Crippen molar-refractivity contribution in [2.45, 2.75) is 44.0 Å². The standard InChI is InChI=1S/C11H20N2O2S/c1-8-9(2-5-15-8)16-7-11(3-4-11)6-10(12)13-14/h8-9,14H,2-7H2,1H3,(H2,12,13). The van der Waals surface area contributed by atoms with Crippen molar-refractivity contribution in [1.82, 2.24) is 0 Å². The molecule has 5 heteroatoms. The molecule has 3 N–H and O–H groups in total. The molecule has 4 nitrogen and oxygen atoms in total. The van der Waals surface area contributed by atoms with Crippen molar-refractivity contribution in [2.75, 3.05) is 12.4 Å². The van der Waals surface area contributed by atoms with Crippen LogP contribution in [-0.4, -0.2) is 34.8 Å². The predicted octanol–water partition coefficient (Wildman–Crippen LogP) is 1.81. The van der Waals surface area contributed by atoms with Crippen molar-refractivity contribution in [3.05, 3.63) is 0 Å². The minimum absolute atomic E-state index is 0.309. The van der Waals surface area contributed by atoms with E-state index in [1.807, 2.05) is 11.8 Å². The predicted molar refractivity (Wildman–Crippen MR) is 66.0 cm³/mol. The third-order valence-corrected chi connectivity index (χ3v) is 5.38. The lowest BCUT2D eigenvalue weighted by atomic mass is 10.1. The molecule has 0 spiro atoms. The second kappa shape index (κ2) is 4.84. The molecule has 0 bridgehead atoms. The quantitative estimate of drug-likeness (QED) is 0.335. The molecule has 16 heavy (non-hydrogen) atoms. The number of hydrogen-bond donors (Lipinski definition) is 2. The van der Waals surface area contributed by atoms with Crippen LogP contribution in [0.15, 0.2) is 5.16 Å². The lowest BCUT2D eigenvalue weighted by Crippen LogP contribution is -2.21. The third kappa shape index (κ3) is 2.83. The zero-order chi connectivity index (χ0) is 11.6. The van der Waals surface area contributed by atoms with Gasteiger partial charge in [-0.15, -0.1) is 0 Å². The summed E-state index contributed by atoms with van der Waals surface area (Å²) in [6, 6.07) is 0. The Balaban J connectivity index is 1.77.